The molecule has 0 saturated carbocycles. The van der Waals surface area contributed by atoms with E-state index in [2.05, 4.69) is 76.5 Å². The lowest BCUT2D eigenvalue weighted by Crippen LogP contribution is -2.43. The normalized spacial score (nSPS) is 17.8. The highest BCUT2D eigenvalue weighted by atomic mass is 16.3. The molecule has 0 aromatic heterocycles. The Morgan fingerprint density at radius 3 is 2.03 bits per heavy atom. The SMILES string of the molecule is Oc1cccc2c1CN(C1CCN(CCC(c3ccccc3)c3ccccc3)CC1)C2. The molecule has 0 aliphatic carbocycles. The van der Waals surface area contributed by atoms with Crippen molar-refractivity contribution >= 4 is 0 Å². The zero-order valence-corrected chi connectivity index (χ0v) is 18.2. The van der Waals surface area contributed by atoms with Crippen LogP contribution in [-0.4, -0.2) is 40.6 Å². The second-order valence-electron chi connectivity index (χ2n) is 9.06. The van der Waals surface area contributed by atoms with Gasteiger partial charge in [0, 0.05) is 30.6 Å². The highest BCUT2D eigenvalue weighted by Crippen LogP contribution is 2.34. The monoisotopic (exact) mass is 412 g/mol. The molecule has 3 aromatic carbocycles. The third-order valence-corrected chi connectivity index (χ3v) is 7.19. The molecule has 0 bridgehead atoms. The molecule has 0 atom stereocenters. The zero-order valence-electron chi connectivity index (χ0n) is 18.2. The Labute approximate surface area is 185 Å². The van der Waals surface area contributed by atoms with E-state index in [4.69, 9.17) is 0 Å². The van der Waals surface area contributed by atoms with Crippen molar-refractivity contribution in [1.82, 2.24) is 9.80 Å². The Balaban J connectivity index is 1.17. The number of hydrogen-bond acceptors (Lipinski definition) is 3. The lowest BCUT2D eigenvalue weighted by molar-refractivity contribution is 0.105. The Kier molecular flexibility index (Phi) is 6.06. The Morgan fingerprint density at radius 1 is 0.774 bits per heavy atom. The number of benzene rings is 3. The summed E-state index contributed by atoms with van der Waals surface area (Å²) in [6, 6.07) is 28.5. The second kappa shape index (κ2) is 9.25. The van der Waals surface area contributed by atoms with Crippen LogP contribution >= 0.6 is 0 Å². The van der Waals surface area contributed by atoms with Crippen molar-refractivity contribution in [3.05, 3.63) is 101 Å². The van der Waals surface area contributed by atoms with Crippen LogP contribution < -0.4 is 0 Å². The van der Waals surface area contributed by atoms with Crippen LogP contribution in [0.5, 0.6) is 5.75 Å². The summed E-state index contributed by atoms with van der Waals surface area (Å²) in [5.41, 5.74) is 5.27. The molecule has 1 saturated heterocycles. The molecular formula is C28H32N2O. The van der Waals surface area contributed by atoms with E-state index < -0.39 is 0 Å². The first-order chi connectivity index (χ1) is 15.3. The average molecular weight is 413 g/mol. The standard InChI is InChI=1S/C28H32N2O/c31-28-13-7-12-24-20-30(21-27(24)28)25-14-17-29(18-15-25)19-16-26(22-8-3-1-4-9-22)23-10-5-2-6-11-23/h1-13,25-26,31H,14-21H2. The smallest absolute Gasteiger partial charge is 0.120 e. The molecule has 31 heavy (non-hydrogen) atoms. The molecule has 1 fully saturated rings. The minimum absolute atomic E-state index is 0.455. The molecule has 2 aliphatic heterocycles. The van der Waals surface area contributed by atoms with Gasteiger partial charge in [-0.25, -0.2) is 0 Å². The maximum Gasteiger partial charge on any atom is 0.120 e. The third-order valence-electron chi connectivity index (χ3n) is 7.19. The summed E-state index contributed by atoms with van der Waals surface area (Å²) in [5, 5.41) is 10.2. The van der Waals surface area contributed by atoms with Gasteiger partial charge in [-0.1, -0.05) is 72.8 Å². The number of rotatable bonds is 6. The van der Waals surface area contributed by atoms with Gasteiger partial charge in [-0.2, -0.15) is 0 Å². The number of piperidine rings is 1. The first-order valence-corrected chi connectivity index (χ1v) is 11.6. The van der Waals surface area contributed by atoms with Crippen molar-refractivity contribution in [3.8, 4) is 5.75 Å². The number of nitrogens with zero attached hydrogens (tertiary/aromatic N) is 2. The number of fused-ring (bicyclic) bond motifs is 1. The van der Waals surface area contributed by atoms with Gasteiger partial charge in [-0.05, 0) is 61.7 Å². The Hall–Kier alpha value is -2.62. The molecule has 3 aromatic rings. The fourth-order valence-electron chi connectivity index (χ4n) is 5.40. The van der Waals surface area contributed by atoms with Crippen molar-refractivity contribution < 1.29 is 5.11 Å². The number of phenols is 1. The number of phenolic OH excluding ortho intramolecular Hbond substituents is 1. The van der Waals surface area contributed by atoms with Gasteiger partial charge in [-0.3, -0.25) is 4.90 Å². The van der Waals surface area contributed by atoms with Crippen molar-refractivity contribution in [1.29, 1.82) is 0 Å². The van der Waals surface area contributed by atoms with Crippen molar-refractivity contribution in [3.63, 3.8) is 0 Å². The number of hydrogen-bond donors (Lipinski definition) is 1. The molecular weight excluding hydrogens is 380 g/mol. The third kappa shape index (κ3) is 4.53. The Bertz CT molecular complexity index is 941. The van der Waals surface area contributed by atoms with E-state index in [1.165, 1.54) is 42.6 Å². The predicted molar refractivity (Wildman–Crippen MR) is 126 cm³/mol. The quantitative estimate of drug-likeness (QED) is 0.588. The maximum atomic E-state index is 10.2. The lowest BCUT2D eigenvalue weighted by Gasteiger charge is -2.37. The van der Waals surface area contributed by atoms with Crippen molar-refractivity contribution in [2.75, 3.05) is 19.6 Å². The van der Waals surface area contributed by atoms with Crippen LogP contribution in [0.1, 0.15) is 47.4 Å². The van der Waals surface area contributed by atoms with Crippen LogP contribution in [0, 0.1) is 0 Å². The largest absolute Gasteiger partial charge is 0.508 e. The number of aromatic hydroxyl groups is 1. The molecule has 0 unspecified atom stereocenters. The van der Waals surface area contributed by atoms with E-state index >= 15 is 0 Å². The van der Waals surface area contributed by atoms with Gasteiger partial charge in [-0.15, -0.1) is 0 Å². The van der Waals surface area contributed by atoms with E-state index in [-0.39, 0.29) is 0 Å². The molecule has 2 heterocycles. The minimum Gasteiger partial charge on any atom is -0.508 e. The maximum absolute atomic E-state index is 10.2. The molecule has 0 radical (unpaired) electrons. The lowest BCUT2D eigenvalue weighted by atomic mass is 9.88. The van der Waals surface area contributed by atoms with Crippen LogP contribution in [0.3, 0.4) is 0 Å². The fraction of sp³-hybridized carbons (Fsp3) is 0.357. The summed E-state index contributed by atoms with van der Waals surface area (Å²) in [5.74, 6) is 0.918. The van der Waals surface area contributed by atoms with Gasteiger partial charge in [0.05, 0.1) is 0 Å². The van der Waals surface area contributed by atoms with Crippen LogP contribution in [-0.2, 0) is 13.1 Å². The van der Waals surface area contributed by atoms with Gasteiger partial charge >= 0.3 is 0 Å². The van der Waals surface area contributed by atoms with Gasteiger partial charge in [0.2, 0.25) is 0 Å². The highest BCUT2D eigenvalue weighted by Gasteiger charge is 2.30. The summed E-state index contributed by atoms with van der Waals surface area (Å²) in [4.78, 5) is 5.22. The molecule has 0 spiro atoms. The van der Waals surface area contributed by atoms with Crippen LogP contribution in [0.2, 0.25) is 0 Å². The molecule has 5 rings (SSSR count). The first kappa shape index (κ1) is 20.3. The van der Waals surface area contributed by atoms with Crippen molar-refractivity contribution in [2.24, 2.45) is 0 Å². The molecule has 2 aliphatic rings. The van der Waals surface area contributed by atoms with Crippen LogP contribution in [0.4, 0.5) is 0 Å². The fourth-order valence-corrected chi connectivity index (χ4v) is 5.40. The van der Waals surface area contributed by atoms with Crippen LogP contribution in [0.25, 0.3) is 0 Å². The molecule has 160 valence electrons. The molecule has 3 heteroatoms. The summed E-state index contributed by atoms with van der Waals surface area (Å²) >= 11 is 0. The van der Waals surface area contributed by atoms with E-state index in [0.29, 0.717) is 17.7 Å². The average Bonchev–Trinajstić information content (AvgIpc) is 3.27. The second-order valence-corrected chi connectivity index (χ2v) is 9.06. The summed E-state index contributed by atoms with van der Waals surface area (Å²) in [6.07, 6.45) is 3.59. The highest BCUT2D eigenvalue weighted by molar-refractivity contribution is 5.41. The summed E-state index contributed by atoms with van der Waals surface area (Å²) in [6.45, 7) is 5.36. The van der Waals surface area contributed by atoms with Gasteiger partial charge in [0.1, 0.15) is 5.75 Å². The zero-order chi connectivity index (χ0) is 21.0. The summed E-state index contributed by atoms with van der Waals surface area (Å²) in [7, 11) is 0. The molecule has 1 N–H and O–H groups in total. The number of likely N-dealkylation sites (tertiary alicyclic amines) is 1. The van der Waals surface area contributed by atoms with E-state index in [0.717, 1.165) is 31.6 Å². The topological polar surface area (TPSA) is 26.7 Å². The van der Waals surface area contributed by atoms with E-state index in [9.17, 15) is 5.11 Å². The first-order valence-electron chi connectivity index (χ1n) is 11.6. The minimum atomic E-state index is 0.455. The Morgan fingerprint density at radius 2 is 1.42 bits per heavy atom. The van der Waals surface area contributed by atoms with Gasteiger partial charge in [0.25, 0.3) is 0 Å². The molecule has 3 nitrogen and oxygen atoms in total. The summed E-state index contributed by atoms with van der Waals surface area (Å²) < 4.78 is 0. The predicted octanol–water partition coefficient (Wildman–Crippen LogP) is 5.39. The molecule has 0 amide bonds. The van der Waals surface area contributed by atoms with Gasteiger partial charge < -0.3 is 10.0 Å². The van der Waals surface area contributed by atoms with E-state index in [1.54, 1.807) is 0 Å². The van der Waals surface area contributed by atoms with Crippen molar-refractivity contribution in [2.45, 2.75) is 44.3 Å². The van der Waals surface area contributed by atoms with E-state index in [1.807, 2.05) is 12.1 Å². The van der Waals surface area contributed by atoms with Crippen LogP contribution in [0.15, 0.2) is 78.9 Å². The van der Waals surface area contributed by atoms with Gasteiger partial charge in [0.15, 0.2) is 0 Å².